The van der Waals surface area contributed by atoms with Crippen molar-refractivity contribution >= 4 is 21.8 Å². The third-order valence-corrected chi connectivity index (χ3v) is 6.03. The second kappa shape index (κ2) is 9.00. The molecule has 0 amide bonds. The summed E-state index contributed by atoms with van der Waals surface area (Å²) < 4.78 is 6.12. The summed E-state index contributed by atoms with van der Waals surface area (Å²) in [6.07, 6.45) is 1.85. The largest absolute Gasteiger partial charge is 0.492 e. The Morgan fingerprint density at radius 1 is 0.871 bits per heavy atom. The standard InChI is InChI=1S/C26H28N4O/c1-20-7-9-23-25(28-20)5-2-6-26(23)31-17-16-29-12-14-30(15-13-29)19-21-8-10-24-22(18-21)4-3-11-27-24/h2-11,18H,12-17,19H2,1H3. The van der Waals surface area contributed by atoms with E-state index in [9.17, 15) is 0 Å². The van der Waals surface area contributed by atoms with Gasteiger partial charge in [0.2, 0.25) is 0 Å². The zero-order valence-corrected chi connectivity index (χ0v) is 18.0. The molecule has 1 aliphatic heterocycles. The summed E-state index contributed by atoms with van der Waals surface area (Å²) in [5.74, 6) is 0.925. The quantitative estimate of drug-likeness (QED) is 0.473. The van der Waals surface area contributed by atoms with Crippen LogP contribution in [0.25, 0.3) is 21.8 Å². The molecule has 2 aromatic carbocycles. The van der Waals surface area contributed by atoms with Crippen LogP contribution in [0, 0.1) is 6.92 Å². The fourth-order valence-electron chi connectivity index (χ4n) is 4.29. The van der Waals surface area contributed by atoms with Crippen molar-refractivity contribution < 1.29 is 4.74 Å². The van der Waals surface area contributed by atoms with Gasteiger partial charge in [0.25, 0.3) is 0 Å². The Kier molecular flexibility index (Phi) is 5.78. The molecule has 0 saturated carbocycles. The molecule has 1 aliphatic rings. The molecule has 0 radical (unpaired) electrons. The number of aromatic nitrogens is 2. The van der Waals surface area contributed by atoms with Crippen molar-refractivity contribution in [1.82, 2.24) is 19.8 Å². The molecule has 1 fully saturated rings. The molecule has 5 nitrogen and oxygen atoms in total. The van der Waals surface area contributed by atoms with Gasteiger partial charge in [-0.3, -0.25) is 19.8 Å². The Hall–Kier alpha value is -3.02. The Morgan fingerprint density at radius 3 is 2.65 bits per heavy atom. The van der Waals surface area contributed by atoms with E-state index in [4.69, 9.17) is 4.74 Å². The molecular weight excluding hydrogens is 384 g/mol. The topological polar surface area (TPSA) is 41.5 Å². The Balaban J connectivity index is 1.11. The van der Waals surface area contributed by atoms with Crippen molar-refractivity contribution in [3.05, 3.63) is 78.1 Å². The third-order valence-electron chi connectivity index (χ3n) is 6.03. The summed E-state index contributed by atoms with van der Waals surface area (Å²) >= 11 is 0. The van der Waals surface area contributed by atoms with Gasteiger partial charge in [0.1, 0.15) is 12.4 Å². The highest BCUT2D eigenvalue weighted by Gasteiger charge is 2.17. The zero-order chi connectivity index (χ0) is 21.0. The van der Waals surface area contributed by atoms with Gasteiger partial charge in [-0.25, -0.2) is 0 Å². The van der Waals surface area contributed by atoms with Crippen LogP contribution >= 0.6 is 0 Å². The lowest BCUT2D eigenvalue weighted by atomic mass is 10.1. The normalized spacial score (nSPS) is 15.5. The number of aryl methyl sites for hydroxylation is 1. The Labute approximate surface area is 183 Å². The molecule has 0 aliphatic carbocycles. The molecule has 158 valence electrons. The minimum atomic E-state index is 0.699. The number of rotatable bonds is 6. The highest BCUT2D eigenvalue weighted by atomic mass is 16.5. The van der Waals surface area contributed by atoms with Crippen LogP contribution in [0.4, 0.5) is 0 Å². The summed E-state index contributed by atoms with van der Waals surface area (Å²) in [6.45, 7) is 8.99. The van der Waals surface area contributed by atoms with E-state index in [-0.39, 0.29) is 0 Å². The van der Waals surface area contributed by atoms with E-state index in [2.05, 4.69) is 50.1 Å². The minimum absolute atomic E-state index is 0.699. The first kappa shape index (κ1) is 19.9. The fraction of sp³-hybridized carbons (Fsp3) is 0.308. The first-order valence-corrected chi connectivity index (χ1v) is 11.0. The first-order chi connectivity index (χ1) is 15.2. The molecule has 31 heavy (non-hydrogen) atoms. The van der Waals surface area contributed by atoms with Gasteiger partial charge in [-0.15, -0.1) is 0 Å². The molecule has 4 aromatic rings. The predicted octanol–water partition coefficient (Wildman–Crippen LogP) is 4.29. The summed E-state index contributed by atoms with van der Waals surface area (Å²) in [4.78, 5) is 14.0. The van der Waals surface area contributed by atoms with Crippen LogP contribution in [0.3, 0.4) is 0 Å². The van der Waals surface area contributed by atoms with Gasteiger partial charge in [-0.05, 0) is 55.0 Å². The van der Waals surface area contributed by atoms with E-state index < -0.39 is 0 Å². The lowest BCUT2D eigenvalue weighted by Crippen LogP contribution is -2.47. The van der Waals surface area contributed by atoms with E-state index in [0.717, 1.165) is 67.1 Å². The SMILES string of the molecule is Cc1ccc2c(OCCN3CCN(Cc4ccc5ncccc5c4)CC3)cccc2n1. The van der Waals surface area contributed by atoms with Gasteiger partial charge < -0.3 is 4.74 Å². The van der Waals surface area contributed by atoms with Gasteiger partial charge in [-0.1, -0.05) is 18.2 Å². The lowest BCUT2D eigenvalue weighted by Gasteiger charge is -2.34. The maximum atomic E-state index is 6.12. The van der Waals surface area contributed by atoms with Crippen molar-refractivity contribution in [2.24, 2.45) is 0 Å². The number of benzene rings is 2. The Morgan fingerprint density at radius 2 is 1.74 bits per heavy atom. The van der Waals surface area contributed by atoms with E-state index in [1.807, 2.05) is 43.5 Å². The van der Waals surface area contributed by atoms with Gasteiger partial charge in [0, 0.05) is 61.9 Å². The second-order valence-corrected chi connectivity index (χ2v) is 8.27. The van der Waals surface area contributed by atoms with Crippen LogP contribution in [0.5, 0.6) is 5.75 Å². The van der Waals surface area contributed by atoms with Gasteiger partial charge in [0.15, 0.2) is 0 Å². The van der Waals surface area contributed by atoms with Crippen LogP contribution < -0.4 is 4.74 Å². The molecule has 0 bridgehead atoms. The van der Waals surface area contributed by atoms with Crippen molar-refractivity contribution in [1.29, 1.82) is 0 Å². The molecule has 0 spiro atoms. The third kappa shape index (κ3) is 4.68. The monoisotopic (exact) mass is 412 g/mol. The van der Waals surface area contributed by atoms with Gasteiger partial charge >= 0.3 is 0 Å². The fourth-order valence-corrected chi connectivity index (χ4v) is 4.29. The van der Waals surface area contributed by atoms with Gasteiger partial charge in [-0.2, -0.15) is 0 Å². The molecule has 1 saturated heterocycles. The lowest BCUT2D eigenvalue weighted by molar-refractivity contribution is 0.113. The number of fused-ring (bicyclic) bond motifs is 2. The van der Waals surface area contributed by atoms with Crippen LogP contribution in [-0.2, 0) is 6.54 Å². The predicted molar refractivity (Wildman–Crippen MR) is 125 cm³/mol. The smallest absolute Gasteiger partial charge is 0.128 e. The summed E-state index contributed by atoms with van der Waals surface area (Å²) in [7, 11) is 0. The van der Waals surface area contributed by atoms with Crippen LogP contribution in [-0.4, -0.2) is 59.1 Å². The average Bonchev–Trinajstić information content (AvgIpc) is 2.80. The molecule has 3 heterocycles. The Bertz CT molecular complexity index is 1180. The molecule has 0 unspecified atom stereocenters. The van der Waals surface area contributed by atoms with Crippen molar-refractivity contribution in [3.63, 3.8) is 0 Å². The molecule has 2 aromatic heterocycles. The number of ether oxygens (including phenoxy) is 1. The number of hydrogen-bond acceptors (Lipinski definition) is 5. The molecule has 5 heteroatoms. The van der Waals surface area contributed by atoms with E-state index in [1.165, 1.54) is 10.9 Å². The number of hydrogen-bond donors (Lipinski definition) is 0. The number of piperazine rings is 1. The number of nitrogens with zero attached hydrogens (tertiary/aromatic N) is 4. The molecule has 0 atom stereocenters. The van der Waals surface area contributed by atoms with Crippen molar-refractivity contribution in [3.8, 4) is 5.75 Å². The molecule has 5 rings (SSSR count). The zero-order valence-electron chi connectivity index (χ0n) is 18.0. The van der Waals surface area contributed by atoms with E-state index >= 15 is 0 Å². The maximum absolute atomic E-state index is 6.12. The average molecular weight is 413 g/mol. The summed E-state index contributed by atoms with van der Waals surface area (Å²) in [5.41, 5.74) is 4.45. The van der Waals surface area contributed by atoms with Crippen LogP contribution in [0.2, 0.25) is 0 Å². The molecule has 0 N–H and O–H groups in total. The second-order valence-electron chi connectivity index (χ2n) is 8.27. The molecular formula is C26H28N4O. The van der Waals surface area contributed by atoms with Crippen molar-refractivity contribution in [2.45, 2.75) is 13.5 Å². The first-order valence-electron chi connectivity index (χ1n) is 11.0. The maximum Gasteiger partial charge on any atom is 0.128 e. The van der Waals surface area contributed by atoms with Gasteiger partial charge in [0.05, 0.1) is 11.0 Å². The highest BCUT2D eigenvalue weighted by Crippen LogP contribution is 2.24. The summed E-state index contributed by atoms with van der Waals surface area (Å²) in [5, 5.41) is 2.30. The highest BCUT2D eigenvalue weighted by molar-refractivity contribution is 5.85. The van der Waals surface area contributed by atoms with Crippen molar-refractivity contribution in [2.75, 3.05) is 39.3 Å². The van der Waals surface area contributed by atoms with E-state index in [0.29, 0.717) is 6.61 Å². The summed E-state index contributed by atoms with van der Waals surface area (Å²) in [6, 6.07) is 21.0. The van der Waals surface area contributed by atoms with Crippen LogP contribution in [0.1, 0.15) is 11.3 Å². The van der Waals surface area contributed by atoms with E-state index in [1.54, 1.807) is 0 Å². The number of pyridine rings is 2. The minimum Gasteiger partial charge on any atom is -0.492 e. The van der Waals surface area contributed by atoms with Crippen LogP contribution in [0.15, 0.2) is 66.9 Å².